The van der Waals surface area contributed by atoms with Gasteiger partial charge in [0.05, 0.1) is 0 Å². The Kier molecular flexibility index (Phi) is 2.30. The van der Waals surface area contributed by atoms with Gasteiger partial charge in [-0.3, -0.25) is 0 Å². The summed E-state index contributed by atoms with van der Waals surface area (Å²) < 4.78 is 4.95. The molecule has 0 saturated heterocycles. The van der Waals surface area contributed by atoms with Crippen molar-refractivity contribution in [1.29, 1.82) is 0 Å². The van der Waals surface area contributed by atoms with Gasteiger partial charge in [-0.15, -0.1) is 0 Å². The van der Waals surface area contributed by atoms with Gasteiger partial charge in [0.1, 0.15) is 8.43 Å². The predicted molar refractivity (Wildman–Crippen MR) is 42.8 cm³/mol. The number of hydrogen-bond acceptors (Lipinski definition) is 2. The molecule has 0 radical (unpaired) electrons. The third-order valence-electron chi connectivity index (χ3n) is 1.03. The lowest BCUT2D eigenvalue weighted by Gasteiger charge is -1.98. The third kappa shape index (κ3) is 1.49. The van der Waals surface area contributed by atoms with Crippen LogP contribution in [0.3, 0.4) is 0 Å². The Bertz CT molecular complexity index is 235. The molecule has 10 heavy (non-hydrogen) atoms. The summed E-state index contributed by atoms with van der Waals surface area (Å²) >= 11 is 0. The molecule has 0 heterocycles. The fraction of sp³-hybridized carbons (Fsp3) is 0. The van der Waals surface area contributed by atoms with Crippen LogP contribution >= 0.6 is 8.43 Å². The summed E-state index contributed by atoms with van der Waals surface area (Å²) in [6.07, 6.45) is 3.46. The van der Waals surface area contributed by atoms with Crippen molar-refractivity contribution in [3.63, 3.8) is 0 Å². The van der Waals surface area contributed by atoms with Crippen LogP contribution in [0.2, 0.25) is 0 Å². The van der Waals surface area contributed by atoms with E-state index in [2.05, 4.69) is 6.30 Å². The summed E-state index contributed by atoms with van der Waals surface area (Å²) in [5.74, 6) is 0.623. The molecule has 0 fully saturated rings. The molecule has 0 amide bonds. The van der Waals surface area contributed by atoms with Gasteiger partial charge in [0, 0.05) is 0 Å². The van der Waals surface area contributed by atoms with Gasteiger partial charge < -0.3 is 9.63 Å². The zero-order valence-corrected chi connectivity index (χ0v) is 6.21. The zero-order valence-electron chi connectivity index (χ0n) is 5.32. The van der Waals surface area contributed by atoms with Crippen molar-refractivity contribution in [2.45, 2.75) is 0 Å². The number of aromatic hydroxyl groups is 1. The van der Waals surface area contributed by atoms with Crippen LogP contribution in [0.1, 0.15) is 0 Å². The second-order valence-corrected chi connectivity index (χ2v) is 2.13. The van der Waals surface area contributed by atoms with Crippen molar-refractivity contribution in [1.82, 2.24) is 0 Å². The molecule has 1 rings (SSSR count). The van der Waals surface area contributed by atoms with Crippen LogP contribution in [0.15, 0.2) is 24.3 Å². The number of rotatable bonds is 2. The minimum atomic E-state index is 0.152. The number of phenolic OH excluding ortho intramolecular Hbond substituents is 1. The summed E-state index contributed by atoms with van der Waals surface area (Å²) in [5, 5.41) is 9.08. The van der Waals surface area contributed by atoms with E-state index < -0.39 is 0 Å². The number of hydrogen-bond donors (Lipinski definition) is 1. The van der Waals surface area contributed by atoms with Gasteiger partial charge in [-0.1, -0.05) is 12.1 Å². The van der Waals surface area contributed by atoms with Crippen LogP contribution in [0, 0.1) is 0 Å². The molecular formula is C7H7O2P. The highest BCUT2D eigenvalue weighted by molar-refractivity contribution is 7.31. The normalized spacial score (nSPS) is 9.60. The molecule has 2 nitrogen and oxygen atoms in total. The van der Waals surface area contributed by atoms with Crippen molar-refractivity contribution < 1.29 is 9.63 Å². The average molecular weight is 154 g/mol. The molecule has 1 aromatic rings. The molecular weight excluding hydrogens is 147 g/mol. The lowest BCUT2D eigenvalue weighted by atomic mass is 10.3. The van der Waals surface area contributed by atoms with E-state index in [9.17, 15) is 0 Å². The Morgan fingerprint density at radius 3 is 2.70 bits per heavy atom. The SMILES string of the molecule is C=POc1ccccc1O. The van der Waals surface area contributed by atoms with E-state index in [-0.39, 0.29) is 5.75 Å². The van der Waals surface area contributed by atoms with Crippen LogP contribution in [-0.2, 0) is 0 Å². The van der Waals surface area contributed by atoms with Crippen LogP contribution < -0.4 is 4.52 Å². The van der Waals surface area contributed by atoms with E-state index in [0.717, 1.165) is 0 Å². The smallest absolute Gasteiger partial charge is 0.173 e. The minimum Gasteiger partial charge on any atom is -0.504 e. The topological polar surface area (TPSA) is 29.5 Å². The van der Waals surface area contributed by atoms with E-state index in [0.29, 0.717) is 14.2 Å². The highest BCUT2D eigenvalue weighted by atomic mass is 31.1. The summed E-state index contributed by atoms with van der Waals surface area (Å²) in [6.45, 7) is 0. The van der Waals surface area contributed by atoms with Gasteiger partial charge in [0.2, 0.25) is 0 Å². The number of phenols is 1. The molecule has 52 valence electrons. The van der Waals surface area contributed by atoms with Gasteiger partial charge in [0.15, 0.2) is 11.5 Å². The van der Waals surface area contributed by atoms with Gasteiger partial charge in [-0.05, 0) is 18.4 Å². The molecule has 0 aliphatic carbocycles. The monoisotopic (exact) mass is 154 g/mol. The maximum Gasteiger partial charge on any atom is 0.173 e. The van der Waals surface area contributed by atoms with E-state index in [1.165, 1.54) is 0 Å². The average Bonchev–Trinajstić information content (AvgIpc) is 1.94. The molecule has 0 aliphatic heterocycles. The molecule has 0 bridgehead atoms. The van der Waals surface area contributed by atoms with Gasteiger partial charge in [-0.2, -0.15) is 0 Å². The Morgan fingerprint density at radius 1 is 1.40 bits per heavy atom. The van der Waals surface area contributed by atoms with E-state index in [4.69, 9.17) is 9.63 Å². The van der Waals surface area contributed by atoms with Crippen LogP contribution in [-0.4, -0.2) is 11.4 Å². The van der Waals surface area contributed by atoms with Crippen molar-refractivity contribution in [2.75, 3.05) is 0 Å². The largest absolute Gasteiger partial charge is 0.504 e. The first-order chi connectivity index (χ1) is 4.84. The van der Waals surface area contributed by atoms with E-state index in [1.54, 1.807) is 24.3 Å². The molecule has 0 atom stereocenters. The Balaban J connectivity index is 2.91. The Hall–Kier alpha value is -1.01. The lowest BCUT2D eigenvalue weighted by Crippen LogP contribution is -1.74. The molecule has 0 unspecified atom stereocenters. The molecule has 1 N–H and O–H groups in total. The quantitative estimate of drug-likeness (QED) is 0.660. The maximum absolute atomic E-state index is 9.08. The van der Waals surface area contributed by atoms with E-state index in [1.807, 2.05) is 0 Å². The van der Waals surface area contributed by atoms with Crippen molar-refractivity contribution in [3.8, 4) is 11.5 Å². The second-order valence-electron chi connectivity index (χ2n) is 1.69. The Morgan fingerprint density at radius 2 is 2.10 bits per heavy atom. The molecule has 0 aromatic heterocycles. The highest BCUT2D eigenvalue weighted by Gasteiger charge is 1.95. The van der Waals surface area contributed by atoms with Crippen LogP contribution in [0.5, 0.6) is 11.5 Å². The van der Waals surface area contributed by atoms with Crippen molar-refractivity contribution in [2.24, 2.45) is 0 Å². The van der Waals surface area contributed by atoms with Gasteiger partial charge in [-0.25, -0.2) is 0 Å². The molecule has 0 aliphatic rings. The first-order valence-electron chi connectivity index (χ1n) is 2.75. The molecule has 1 aromatic carbocycles. The van der Waals surface area contributed by atoms with Crippen LogP contribution in [0.25, 0.3) is 0 Å². The van der Waals surface area contributed by atoms with E-state index >= 15 is 0 Å². The standard InChI is InChI=1S/C7H7O2P/c1-10-9-7-5-3-2-4-6(7)8/h2-5,8H,1H2. The number of para-hydroxylation sites is 2. The molecule has 0 saturated carbocycles. The highest BCUT2D eigenvalue weighted by Crippen LogP contribution is 2.26. The Labute approximate surface area is 61.0 Å². The number of benzene rings is 1. The first-order valence-corrected chi connectivity index (χ1v) is 3.75. The fourth-order valence-corrected chi connectivity index (χ4v) is 0.897. The fourth-order valence-electron chi connectivity index (χ4n) is 0.604. The summed E-state index contributed by atoms with van der Waals surface area (Å²) in [7, 11) is 0.540. The van der Waals surface area contributed by atoms with Crippen molar-refractivity contribution >= 4 is 14.7 Å². The summed E-state index contributed by atoms with van der Waals surface area (Å²) in [5.41, 5.74) is 0. The third-order valence-corrected chi connectivity index (χ3v) is 1.35. The summed E-state index contributed by atoms with van der Waals surface area (Å²) in [4.78, 5) is 0. The first kappa shape index (κ1) is 7.10. The lowest BCUT2D eigenvalue weighted by molar-refractivity contribution is 0.450. The maximum atomic E-state index is 9.08. The van der Waals surface area contributed by atoms with Gasteiger partial charge >= 0.3 is 0 Å². The van der Waals surface area contributed by atoms with Crippen LogP contribution in [0.4, 0.5) is 0 Å². The van der Waals surface area contributed by atoms with Crippen molar-refractivity contribution in [3.05, 3.63) is 24.3 Å². The summed E-state index contributed by atoms with van der Waals surface area (Å²) in [6, 6.07) is 6.79. The van der Waals surface area contributed by atoms with Gasteiger partial charge in [0.25, 0.3) is 0 Å². The second kappa shape index (κ2) is 3.23. The molecule has 0 spiro atoms. The molecule has 3 heteroatoms. The zero-order chi connectivity index (χ0) is 7.40. The predicted octanol–water partition coefficient (Wildman–Crippen LogP) is 2.06. The minimum absolute atomic E-state index is 0.152.